The van der Waals surface area contributed by atoms with Crippen molar-refractivity contribution in [2.75, 3.05) is 0 Å². The molecular weight excluding hydrogens is 328 g/mol. The van der Waals surface area contributed by atoms with Gasteiger partial charge in [0.25, 0.3) is 0 Å². The first-order valence-corrected chi connectivity index (χ1v) is 9.97. The lowest BCUT2D eigenvalue weighted by Crippen LogP contribution is -2.46. The minimum absolute atomic E-state index is 0.0203. The monoisotopic (exact) mass is 352 g/mol. The number of hydrogen-bond donors (Lipinski definition) is 0. The van der Waals surface area contributed by atoms with Crippen LogP contribution >= 0.6 is 0 Å². The molecule has 6 rings (SSSR count). The number of nitrogens with zero attached hydrogens (tertiary/aromatic N) is 2. The number of benzene rings is 1. The third-order valence-corrected chi connectivity index (χ3v) is 8.64. The summed E-state index contributed by atoms with van der Waals surface area (Å²) >= 11 is 0.816. The zero-order valence-electron chi connectivity index (χ0n) is 14.9. The van der Waals surface area contributed by atoms with E-state index in [4.69, 9.17) is 0 Å². The van der Waals surface area contributed by atoms with Crippen molar-refractivity contribution in [1.82, 2.24) is 9.55 Å². The molecule has 1 aromatic carbocycles. The summed E-state index contributed by atoms with van der Waals surface area (Å²) in [7, 11) is 0. The molecule has 4 heteroatoms. The molecular formula is C21H24N2OS. The Kier molecular flexibility index (Phi) is 3.08. The third-order valence-electron chi connectivity index (χ3n) is 7.68. The van der Waals surface area contributed by atoms with E-state index in [-0.39, 0.29) is 16.2 Å². The minimum atomic E-state index is -0.0321. The highest BCUT2D eigenvalue weighted by atomic mass is 32.1. The summed E-state index contributed by atoms with van der Waals surface area (Å²) in [6, 6.07) is 9.05. The Hall–Kier alpha value is -1.68. The third kappa shape index (κ3) is 1.81. The van der Waals surface area contributed by atoms with Crippen LogP contribution in [-0.4, -0.2) is 18.6 Å². The summed E-state index contributed by atoms with van der Waals surface area (Å²) in [6.45, 7) is 5.71. The number of imidazole rings is 1. The summed E-state index contributed by atoms with van der Waals surface area (Å²) < 4.78 is 14.7. The predicted molar refractivity (Wildman–Crippen MR) is 101 cm³/mol. The number of hydrogen-bond acceptors (Lipinski definition) is 2. The molecule has 25 heavy (non-hydrogen) atoms. The molecule has 4 aliphatic carbocycles. The molecule has 1 spiro atoms. The molecule has 3 nitrogen and oxygen atoms in total. The summed E-state index contributed by atoms with van der Waals surface area (Å²) in [5.74, 6) is 0.574. The average molecular weight is 353 g/mol. The van der Waals surface area contributed by atoms with Crippen molar-refractivity contribution in [3.05, 3.63) is 54.1 Å². The standard InChI is InChI=1S/C21H24N2OS/c1-19(2)17-7-8-21(19,13-23-10-9-22-14-23)18(25-24)20(17)11-15-3-4-16(12-20)6-5-15/h3-6,9-10,14,17H,7-8,11-13H2,1-2H3. The maximum atomic E-state index is 12.6. The first-order chi connectivity index (χ1) is 12.0. The van der Waals surface area contributed by atoms with Gasteiger partial charge in [0.05, 0.1) is 17.6 Å². The van der Waals surface area contributed by atoms with Gasteiger partial charge in [-0.05, 0) is 48.1 Å². The quantitative estimate of drug-likeness (QED) is 0.776. The molecule has 2 fully saturated rings. The zero-order chi connectivity index (χ0) is 17.3. The molecule has 2 unspecified atom stereocenters. The van der Waals surface area contributed by atoms with Crippen molar-refractivity contribution < 1.29 is 4.21 Å². The number of aromatic nitrogens is 2. The van der Waals surface area contributed by atoms with Gasteiger partial charge in [0.2, 0.25) is 0 Å². The van der Waals surface area contributed by atoms with Crippen molar-refractivity contribution >= 4 is 16.1 Å². The Bertz CT molecular complexity index is 852. The summed E-state index contributed by atoms with van der Waals surface area (Å²) in [6.07, 6.45) is 10.2. The second-order valence-corrected chi connectivity index (χ2v) is 9.44. The SMILES string of the molecule is CC1(C)C2CCC1(Cn1ccnc1)C(=S=O)C21Cc2ccc(cc2)C1. The molecule has 0 radical (unpaired) electrons. The Morgan fingerprint density at radius 2 is 1.88 bits per heavy atom. The fraction of sp³-hybridized carbons (Fsp3) is 0.524. The van der Waals surface area contributed by atoms with Crippen LogP contribution in [0.3, 0.4) is 0 Å². The van der Waals surface area contributed by atoms with Gasteiger partial charge in [-0.3, -0.25) is 0 Å². The molecule has 0 N–H and O–H groups in total. The summed E-state index contributed by atoms with van der Waals surface area (Å²) in [5, 5.41) is 0. The number of rotatable bonds is 2. The minimum Gasteiger partial charge on any atom is -0.337 e. The molecule has 0 aliphatic heterocycles. The first-order valence-electron chi connectivity index (χ1n) is 9.23. The Balaban J connectivity index is 1.69. The largest absolute Gasteiger partial charge is 0.337 e. The zero-order valence-corrected chi connectivity index (χ0v) is 15.7. The topological polar surface area (TPSA) is 34.9 Å². The van der Waals surface area contributed by atoms with Crippen molar-refractivity contribution in [2.24, 2.45) is 22.2 Å². The van der Waals surface area contributed by atoms with Crippen LogP contribution in [0.25, 0.3) is 0 Å². The normalized spacial score (nSPS) is 30.8. The van der Waals surface area contributed by atoms with Crippen molar-refractivity contribution in [3.63, 3.8) is 0 Å². The maximum Gasteiger partial charge on any atom is 0.0946 e. The van der Waals surface area contributed by atoms with Crippen molar-refractivity contribution in [2.45, 2.75) is 46.1 Å². The van der Waals surface area contributed by atoms with Gasteiger partial charge in [-0.25, -0.2) is 9.19 Å². The molecule has 2 saturated carbocycles. The van der Waals surface area contributed by atoms with E-state index in [0.717, 1.165) is 37.1 Å². The summed E-state index contributed by atoms with van der Waals surface area (Å²) in [5.41, 5.74) is 2.89. The van der Waals surface area contributed by atoms with Gasteiger partial charge < -0.3 is 4.57 Å². The van der Waals surface area contributed by atoms with Crippen molar-refractivity contribution in [1.29, 1.82) is 0 Å². The van der Waals surface area contributed by atoms with Gasteiger partial charge in [-0.2, -0.15) is 0 Å². The lowest BCUT2D eigenvalue weighted by Gasteiger charge is -2.41. The van der Waals surface area contributed by atoms with Crippen LogP contribution in [-0.2, 0) is 30.6 Å². The Morgan fingerprint density at radius 3 is 2.44 bits per heavy atom. The van der Waals surface area contributed by atoms with Crippen LogP contribution in [0.5, 0.6) is 0 Å². The van der Waals surface area contributed by atoms with Gasteiger partial charge in [0, 0.05) is 34.6 Å². The van der Waals surface area contributed by atoms with E-state index in [0.29, 0.717) is 5.92 Å². The molecule has 1 aromatic heterocycles. The van der Waals surface area contributed by atoms with Gasteiger partial charge in [0.15, 0.2) is 0 Å². The fourth-order valence-corrected chi connectivity index (χ4v) is 7.64. The second-order valence-electron chi connectivity index (χ2n) is 8.87. The molecule has 1 heterocycles. The van der Waals surface area contributed by atoms with Gasteiger partial charge in [-0.15, -0.1) is 0 Å². The highest BCUT2D eigenvalue weighted by Gasteiger charge is 2.72. The fourth-order valence-electron chi connectivity index (χ4n) is 6.60. The Labute approximate surface area is 152 Å². The van der Waals surface area contributed by atoms with E-state index in [1.54, 1.807) is 0 Å². The van der Waals surface area contributed by atoms with E-state index in [1.165, 1.54) is 22.4 Å². The molecule has 4 bridgehead atoms. The summed E-state index contributed by atoms with van der Waals surface area (Å²) in [4.78, 5) is 5.46. The van der Waals surface area contributed by atoms with Crippen LogP contribution in [0, 0.1) is 22.2 Å². The average Bonchev–Trinajstić information content (AvgIpc) is 3.11. The van der Waals surface area contributed by atoms with Crippen LogP contribution < -0.4 is 0 Å². The van der Waals surface area contributed by atoms with Crippen LogP contribution in [0.4, 0.5) is 0 Å². The van der Waals surface area contributed by atoms with E-state index in [2.05, 4.69) is 47.7 Å². The van der Waals surface area contributed by atoms with E-state index >= 15 is 0 Å². The molecule has 2 atom stereocenters. The highest BCUT2D eigenvalue weighted by molar-refractivity contribution is 7.66. The molecule has 0 saturated heterocycles. The molecule has 0 amide bonds. The highest BCUT2D eigenvalue weighted by Crippen LogP contribution is 2.72. The number of fused-ring (bicyclic) bond motifs is 4. The first kappa shape index (κ1) is 15.6. The molecule has 2 aromatic rings. The van der Waals surface area contributed by atoms with E-state index in [9.17, 15) is 4.21 Å². The van der Waals surface area contributed by atoms with E-state index < -0.39 is 0 Å². The smallest absolute Gasteiger partial charge is 0.0946 e. The van der Waals surface area contributed by atoms with Crippen LogP contribution in [0.1, 0.15) is 37.8 Å². The van der Waals surface area contributed by atoms with Gasteiger partial charge in [-0.1, -0.05) is 38.1 Å². The van der Waals surface area contributed by atoms with Crippen LogP contribution in [0.15, 0.2) is 43.0 Å². The Morgan fingerprint density at radius 1 is 1.20 bits per heavy atom. The molecule has 4 aliphatic rings. The van der Waals surface area contributed by atoms with Gasteiger partial charge in [0.1, 0.15) is 0 Å². The predicted octanol–water partition coefficient (Wildman–Crippen LogP) is 3.49. The lowest BCUT2D eigenvalue weighted by atomic mass is 9.65. The second kappa shape index (κ2) is 4.94. The molecule has 130 valence electrons. The van der Waals surface area contributed by atoms with E-state index in [1.807, 2.05) is 18.7 Å². The van der Waals surface area contributed by atoms with Crippen molar-refractivity contribution in [3.8, 4) is 0 Å². The maximum absolute atomic E-state index is 12.6. The lowest BCUT2D eigenvalue weighted by molar-refractivity contribution is 0.118. The van der Waals surface area contributed by atoms with Crippen LogP contribution in [0.2, 0.25) is 0 Å². The van der Waals surface area contributed by atoms with Gasteiger partial charge >= 0.3 is 0 Å².